The van der Waals surface area contributed by atoms with Crippen LogP contribution < -0.4 is 5.48 Å². The van der Waals surface area contributed by atoms with Gasteiger partial charge in [0.05, 0.1) is 7.11 Å². The molecule has 0 aliphatic heterocycles. The van der Waals surface area contributed by atoms with Crippen molar-refractivity contribution in [1.82, 2.24) is 5.48 Å². The van der Waals surface area contributed by atoms with Crippen LogP contribution in [-0.4, -0.2) is 7.11 Å². The normalized spacial score (nSPS) is 13.0. The van der Waals surface area contributed by atoms with Gasteiger partial charge in [-0.15, -0.1) is 0 Å². The van der Waals surface area contributed by atoms with Gasteiger partial charge in [-0.3, -0.25) is 10.3 Å². The molecule has 0 aliphatic rings. The third-order valence-corrected chi connectivity index (χ3v) is 2.15. The van der Waals surface area contributed by atoms with Crippen LogP contribution in [0.3, 0.4) is 0 Å². The fourth-order valence-corrected chi connectivity index (χ4v) is 1.23. The van der Waals surface area contributed by atoms with E-state index in [1.807, 2.05) is 37.3 Å². The van der Waals surface area contributed by atoms with Crippen molar-refractivity contribution in [1.29, 1.82) is 0 Å². The van der Waals surface area contributed by atoms with Crippen molar-refractivity contribution >= 4 is 0 Å². The van der Waals surface area contributed by atoms with Crippen molar-refractivity contribution in [3.8, 4) is 0 Å². The lowest BCUT2D eigenvalue weighted by molar-refractivity contribution is 0.118. The van der Waals surface area contributed by atoms with Gasteiger partial charge in [0, 0.05) is 5.70 Å². The third-order valence-electron chi connectivity index (χ3n) is 2.15. The van der Waals surface area contributed by atoms with Gasteiger partial charge >= 0.3 is 0 Å². The average molecular weight is 245 g/mol. The molecule has 1 N–H and O–H groups in total. The van der Waals surface area contributed by atoms with E-state index < -0.39 is 0 Å². The molecule has 2 heteroatoms. The highest BCUT2D eigenvalue weighted by atomic mass is 16.6. The summed E-state index contributed by atoms with van der Waals surface area (Å²) < 4.78 is 0. The molecule has 18 heavy (non-hydrogen) atoms. The van der Waals surface area contributed by atoms with E-state index in [0.717, 1.165) is 16.8 Å². The molecular weight excluding hydrogens is 222 g/mol. The average Bonchev–Trinajstić information content (AvgIpc) is 2.33. The summed E-state index contributed by atoms with van der Waals surface area (Å²) in [6, 6.07) is 0. The summed E-state index contributed by atoms with van der Waals surface area (Å²) in [6.45, 7) is 13.7. The first kappa shape index (κ1) is 16.2. The Morgan fingerprint density at radius 1 is 0.889 bits per heavy atom. The first-order valence-electron chi connectivity index (χ1n) is 5.83. The maximum Gasteiger partial charge on any atom is 0.0636 e. The topological polar surface area (TPSA) is 21.3 Å². The molecule has 0 spiro atoms. The minimum Gasteiger partial charge on any atom is -0.280 e. The van der Waals surface area contributed by atoms with Crippen LogP contribution >= 0.6 is 0 Å². The summed E-state index contributed by atoms with van der Waals surface area (Å²) in [4.78, 5) is 4.82. The second-order valence-electron chi connectivity index (χ2n) is 4.05. The van der Waals surface area contributed by atoms with Gasteiger partial charge in [-0.1, -0.05) is 49.1 Å². The lowest BCUT2D eigenvalue weighted by atomic mass is 10.0. The summed E-state index contributed by atoms with van der Waals surface area (Å²) in [7, 11) is 1.58. The van der Waals surface area contributed by atoms with Gasteiger partial charge in [-0.25, -0.2) is 0 Å². The summed E-state index contributed by atoms with van der Waals surface area (Å²) in [5.74, 6) is 0. The molecule has 0 fully saturated rings. The SMILES string of the molecule is C=CC(=C\C=C(C)C)/C(C=C)=C/C=C(\C)NOC. The molecule has 0 aromatic carbocycles. The molecule has 0 atom stereocenters. The summed E-state index contributed by atoms with van der Waals surface area (Å²) in [6.07, 6.45) is 11.6. The molecule has 0 aromatic rings. The van der Waals surface area contributed by atoms with Gasteiger partial charge in [-0.05, 0) is 38.0 Å². The second kappa shape index (κ2) is 9.25. The Hall–Kier alpha value is -1.80. The van der Waals surface area contributed by atoms with Crippen molar-refractivity contribution in [3.63, 3.8) is 0 Å². The molecule has 2 nitrogen and oxygen atoms in total. The van der Waals surface area contributed by atoms with E-state index in [4.69, 9.17) is 4.84 Å². The van der Waals surface area contributed by atoms with Crippen molar-refractivity contribution in [2.24, 2.45) is 0 Å². The molecule has 0 saturated heterocycles. The first-order valence-corrected chi connectivity index (χ1v) is 5.83. The van der Waals surface area contributed by atoms with Crippen molar-refractivity contribution in [2.45, 2.75) is 20.8 Å². The maximum absolute atomic E-state index is 4.82. The molecule has 0 saturated carbocycles. The molecule has 0 amide bonds. The monoisotopic (exact) mass is 245 g/mol. The Morgan fingerprint density at radius 3 is 1.78 bits per heavy atom. The summed E-state index contributed by atoms with van der Waals surface area (Å²) in [5, 5.41) is 0. The minimum absolute atomic E-state index is 0.919. The molecule has 0 aliphatic carbocycles. The Morgan fingerprint density at radius 2 is 1.39 bits per heavy atom. The number of nitrogens with one attached hydrogen (secondary N) is 1. The van der Waals surface area contributed by atoms with Crippen molar-refractivity contribution < 1.29 is 4.84 Å². The quantitative estimate of drug-likeness (QED) is 0.535. The third kappa shape index (κ3) is 6.71. The van der Waals surface area contributed by atoms with Gasteiger partial charge in [0.1, 0.15) is 0 Å². The van der Waals surface area contributed by atoms with Crippen LogP contribution in [-0.2, 0) is 4.84 Å². The predicted octanol–water partition coefficient (Wildman–Crippen LogP) is 4.23. The molecule has 0 radical (unpaired) electrons. The van der Waals surface area contributed by atoms with E-state index in [-0.39, 0.29) is 0 Å². The predicted molar refractivity (Wildman–Crippen MR) is 79.9 cm³/mol. The lowest BCUT2D eigenvalue weighted by Gasteiger charge is -2.03. The Labute approximate surface area is 111 Å². The highest BCUT2D eigenvalue weighted by Gasteiger charge is 1.95. The zero-order valence-corrected chi connectivity index (χ0v) is 11.8. The fraction of sp³-hybridized carbons (Fsp3) is 0.250. The van der Waals surface area contributed by atoms with Gasteiger partial charge in [0.25, 0.3) is 0 Å². The number of hydrogen-bond acceptors (Lipinski definition) is 2. The van der Waals surface area contributed by atoms with E-state index in [9.17, 15) is 0 Å². The largest absolute Gasteiger partial charge is 0.280 e. The molecule has 0 heterocycles. The van der Waals surface area contributed by atoms with Gasteiger partial charge in [-0.2, -0.15) is 0 Å². The van der Waals surface area contributed by atoms with Gasteiger partial charge in [0.2, 0.25) is 0 Å². The van der Waals surface area contributed by atoms with E-state index in [1.165, 1.54) is 5.57 Å². The minimum atomic E-state index is 0.919. The molecular formula is C16H23NO. The fourth-order valence-electron chi connectivity index (χ4n) is 1.23. The standard InChI is InChI=1S/C16H23NO/c1-7-15(11-9-13(3)4)16(8-2)12-10-14(5)17-18-6/h7-12,17H,1-2H2,3-6H3/b14-10+,15-11+,16-12+. The van der Waals surface area contributed by atoms with E-state index in [2.05, 4.69) is 38.6 Å². The summed E-state index contributed by atoms with van der Waals surface area (Å²) in [5.41, 5.74) is 6.97. The van der Waals surface area contributed by atoms with Crippen LogP contribution in [0.2, 0.25) is 0 Å². The lowest BCUT2D eigenvalue weighted by Crippen LogP contribution is -2.07. The van der Waals surface area contributed by atoms with Crippen LogP contribution in [0.15, 0.2) is 72.0 Å². The van der Waals surface area contributed by atoms with Gasteiger partial charge < -0.3 is 0 Å². The number of rotatable bonds is 7. The van der Waals surface area contributed by atoms with Crippen LogP contribution in [0, 0.1) is 0 Å². The molecule has 0 aromatic heterocycles. The van der Waals surface area contributed by atoms with E-state index in [1.54, 1.807) is 7.11 Å². The smallest absolute Gasteiger partial charge is 0.0636 e. The number of hydrogen-bond donors (Lipinski definition) is 1. The molecule has 0 rings (SSSR count). The molecule has 98 valence electrons. The molecule has 0 bridgehead atoms. The number of hydroxylamine groups is 1. The Balaban J connectivity index is 5.16. The van der Waals surface area contributed by atoms with Crippen LogP contribution in [0.25, 0.3) is 0 Å². The summed E-state index contributed by atoms with van der Waals surface area (Å²) >= 11 is 0. The molecule has 0 unspecified atom stereocenters. The zero-order chi connectivity index (χ0) is 14.0. The highest BCUT2D eigenvalue weighted by Crippen LogP contribution is 2.13. The Bertz CT molecular complexity index is 405. The zero-order valence-electron chi connectivity index (χ0n) is 11.8. The van der Waals surface area contributed by atoms with Crippen LogP contribution in [0.4, 0.5) is 0 Å². The first-order chi connectivity index (χ1) is 8.54. The van der Waals surface area contributed by atoms with Gasteiger partial charge in [0.15, 0.2) is 0 Å². The highest BCUT2D eigenvalue weighted by molar-refractivity contribution is 5.48. The van der Waals surface area contributed by atoms with E-state index in [0.29, 0.717) is 0 Å². The van der Waals surface area contributed by atoms with Crippen molar-refractivity contribution in [2.75, 3.05) is 7.11 Å². The Kier molecular flexibility index (Phi) is 8.33. The maximum atomic E-state index is 4.82. The van der Waals surface area contributed by atoms with Crippen molar-refractivity contribution in [3.05, 3.63) is 72.0 Å². The second-order valence-corrected chi connectivity index (χ2v) is 4.05. The number of allylic oxidation sites excluding steroid dienone is 10. The van der Waals surface area contributed by atoms with Crippen LogP contribution in [0.1, 0.15) is 20.8 Å². The van der Waals surface area contributed by atoms with E-state index >= 15 is 0 Å². The van der Waals surface area contributed by atoms with Crippen LogP contribution in [0.5, 0.6) is 0 Å².